The molecular weight excluding hydrogens is 328 g/mol. The van der Waals surface area contributed by atoms with Gasteiger partial charge in [0.2, 0.25) is 5.75 Å². The standard InChI is InChI=1S/C18H16O7/c1-9-4-13(19)14-15(23-7-10-5-21-10)12-2-3-20-16(12)18(17(14)25-9)24-8-11-6-22-11/h2-4,10-11H,5-8H2,1H3. The maximum atomic E-state index is 12.7. The highest BCUT2D eigenvalue weighted by Gasteiger charge is 2.29. The van der Waals surface area contributed by atoms with E-state index in [1.54, 1.807) is 19.3 Å². The van der Waals surface area contributed by atoms with Crippen LogP contribution in [0, 0.1) is 6.92 Å². The largest absolute Gasteiger partial charge is 0.489 e. The summed E-state index contributed by atoms with van der Waals surface area (Å²) in [5.74, 6) is 1.34. The monoisotopic (exact) mass is 344 g/mol. The van der Waals surface area contributed by atoms with Gasteiger partial charge in [0.25, 0.3) is 0 Å². The molecule has 2 fully saturated rings. The zero-order valence-electron chi connectivity index (χ0n) is 13.6. The molecule has 2 aromatic heterocycles. The van der Waals surface area contributed by atoms with Crippen LogP contribution >= 0.6 is 0 Å². The number of ether oxygens (including phenoxy) is 4. The number of benzene rings is 1. The summed E-state index contributed by atoms with van der Waals surface area (Å²) in [6.07, 6.45) is 1.68. The lowest BCUT2D eigenvalue weighted by molar-refractivity contribution is 0.259. The summed E-state index contributed by atoms with van der Waals surface area (Å²) in [6, 6.07) is 3.21. The summed E-state index contributed by atoms with van der Waals surface area (Å²) in [7, 11) is 0. The molecule has 1 aromatic carbocycles. The smallest absolute Gasteiger partial charge is 0.206 e. The summed E-state index contributed by atoms with van der Waals surface area (Å²) in [5, 5.41) is 1.03. The van der Waals surface area contributed by atoms with Gasteiger partial charge >= 0.3 is 0 Å². The van der Waals surface area contributed by atoms with E-state index in [-0.39, 0.29) is 17.6 Å². The third-order valence-corrected chi connectivity index (χ3v) is 4.25. The third kappa shape index (κ3) is 2.65. The van der Waals surface area contributed by atoms with Crippen molar-refractivity contribution in [3.63, 3.8) is 0 Å². The van der Waals surface area contributed by atoms with Gasteiger partial charge in [-0.25, -0.2) is 0 Å². The Kier molecular flexibility index (Phi) is 3.26. The third-order valence-electron chi connectivity index (χ3n) is 4.25. The van der Waals surface area contributed by atoms with Gasteiger partial charge in [-0.3, -0.25) is 4.79 Å². The molecule has 0 aliphatic carbocycles. The van der Waals surface area contributed by atoms with Crippen LogP contribution in [0.15, 0.2) is 32.0 Å². The quantitative estimate of drug-likeness (QED) is 0.635. The Morgan fingerprint density at radius 1 is 1.08 bits per heavy atom. The number of fused-ring (bicyclic) bond motifs is 2. The van der Waals surface area contributed by atoms with Crippen molar-refractivity contribution < 1.29 is 27.8 Å². The average Bonchev–Trinajstić information content (AvgIpc) is 3.50. The topological polar surface area (TPSA) is 86.9 Å². The molecule has 2 saturated heterocycles. The molecule has 7 nitrogen and oxygen atoms in total. The van der Waals surface area contributed by atoms with Crippen molar-refractivity contribution in [1.29, 1.82) is 0 Å². The van der Waals surface area contributed by atoms with Crippen molar-refractivity contribution in [3.8, 4) is 11.5 Å². The minimum absolute atomic E-state index is 0.0671. The minimum Gasteiger partial charge on any atom is -0.489 e. The van der Waals surface area contributed by atoms with E-state index in [2.05, 4.69) is 0 Å². The zero-order chi connectivity index (χ0) is 17.0. The lowest BCUT2D eigenvalue weighted by atomic mass is 10.1. The second-order valence-electron chi connectivity index (χ2n) is 6.28. The molecule has 130 valence electrons. The summed E-state index contributed by atoms with van der Waals surface area (Å²) in [4.78, 5) is 12.7. The van der Waals surface area contributed by atoms with Crippen LogP contribution in [0.1, 0.15) is 5.76 Å². The molecule has 2 aliphatic heterocycles. The second kappa shape index (κ2) is 5.50. The van der Waals surface area contributed by atoms with Gasteiger partial charge in [0.1, 0.15) is 42.3 Å². The predicted molar refractivity (Wildman–Crippen MR) is 87.5 cm³/mol. The Labute approximate surface area is 142 Å². The number of aryl methyl sites for hydroxylation is 1. The van der Waals surface area contributed by atoms with E-state index in [0.29, 0.717) is 65.6 Å². The molecule has 0 amide bonds. The summed E-state index contributed by atoms with van der Waals surface area (Å²) in [5.41, 5.74) is 0.648. The molecule has 2 aliphatic rings. The molecule has 0 N–H and O–H groups in total. The van der Waals surface area contributed by atoms with Gasteiger partial charge in [-0.2, -0.15) is 0 Å². The SMILES string of the molecule is Cc1cc(=O)c2c(OCC3CO3)c3ccoc3c(OCC3CO3)c2o1. The van der Waals surface area contributed by atoms with Crippen molar-refractivity contribution in [2.24, 2.45) is 0 Å². The second-order valence-corrected chi connectivity index (χ2v) is 6.28. The number of furan rings is 1. The van der Waals surface area contributed by atoms with Gasteiger partial charge in [0, 0.05) is 6.07 Å². The van der Waals surface area contributed by atoms with Crippen molar-refractivity contribution in [3.05, 3.63) is 34.4 Å². The summed E-state index contributed by atoms with van der Waals surface area (Å²) >= 11 is 0. The fraction of sp³-hybridized carbons (Fsp3) is 0.389. The first-order valence-corrected chi connectivity index (χ1v) is 8.17. The van der Waals surface area contributed by atoms with Crippen molar-refractivity contribution in [2.75, 3.05) is 26.4 Å². The molecule has 0 saturated carbocycles. The molecule has 0 radical (unpaired) electrons. The van der Waals surface area contributed by atoms with E-state index in [4.69, 9.17) is 27.8 Å². The summed E-state index contributed by atoms with van der Waals surface area (Å²) < 4.78 is 33.6. The van der Waals surface area contributed by atoms with E-state index >= 15 is 0 Å². The van der Waals surface area contributed by atoms with Gasteiger partial charge in [0.15, 0.2) is 16.6 Å². The number of hydrogen-bond acceptors (Lipinski definition) is 7. The molecule has 7 heteroatoms. The minimum atomic E-state index is -0.180. The van der Waals surface area contributed by atoms with Crippen LogP contribution in [0.4, 0.5) is 0 Å². The van der Waals surface area contributed by atoms with Crippen molar-refractivity contribution >= 4 is 21.9 Å². The van der Waals surface area contributed by atoms with Gasteiger partial charge in [-0.15, -0.1) is 0 Å². The van der Waals surface area contributed by atoms with Crippen molar-refractivity contribution in [1.82, 2.24) is 0 Å². The normalized spacial score (nSPS) is 21.6. The molecule has 2 atom stereocenters. The number of epoxide rings is 2. The van der Waals surface area contributed by atoms with Gasteiger partial charge < -0.3 is 27.8 Å². The Hall–Kier alpha value is -2.51. The Bertz CT molecular complexity index is 1010. The molecular formula is C18H16O7. The fourth-order valence-electron chi connectivity index (χ4n) is 2.85. The van der Waals surface area contributed by atoms with Crippen LogP contribution < -0.4 is 14.9 Å². The highest BCUT2D eigenvalue weighted by Crippen LogP contribution is 2.42. The zero-order valence-corrected chi connectivity index (χ0v) is 13.6. The van der Waals surface area contributed by atoms with Gasteiger partial charge in [-0.05, 0) is 13.0 Å². The van der Waals surface area contributed by atoms with Crippen LogP contribution in [0.5, 0.6) is 11.5 Å². The maximum absolute atomic E-state index is 12.7. The maximum Gasteiger partial charge on any atom is 0.206 e. The molecule has 3 aromatic rings. The van der Waals surface area contributed by atoms with Gasteiger partial charge in [-0.1, -0.05) is 0 Å². The van der Waals surface area contributed by atoms with E-state index < -0.39 is 0 Å². The highest BCUT2D eigenvalue weighted by molar-refractivity contribution is 6.06. The Morgan fingerprint density at radius 3 is 2.44 bits per heavy atom. The summed E-state index contributed by atoms with van der Waals surface area (Å²) in [6.45, 7) is 3.81. The van der Waals surface area contributed by atoms with Crippen LogP contribution in [-0.4, -0.2) is 38.6 Å². The van der Waals surface area contributed by atoms with Crippen LogP contribution in [0.2, 0.25) is 0 Å². The average molecular weight is 344 g/mol. The predicted octanol–water partition coefficient (Wildman–Crippen LogP) is 2.40. The lowest BCUT2D eigenvalue weighted by Gasteiger charge is -2.13. The van der Waals surface area contributed by atoms with Crippen LogP contribution in [0.25, 0.3) is 21.9 Å². The molecule has 25 heavy (non-hydrogen) atoms. The number of rotatable bonds is 6. The fourth-order valence-corrected chi connectivity index (χ4v) is 2.85. The van der Waals surface area contributed by atoms with E-state index in [0.717, 1.165) is 0 Å². The van der Waals surface area contributed by atoms with Crippen molar-refractivity contribution in [2.45, 2.75) is 19.1 Å². The first-order valence-electron chi connectivity index (χ1n) is 8.17. The molecule has 4 heterocycles. The van der Waals surface area contributed by atoms with Gasteiger partial charge in [0.05, 0.1) is 24.9 Å². The van der Waals surface area contributed by atoms with E-state index in [1.165, 1.54) is 6.07 Å². The Balaban J connectivity index is 1.73. The molecule has 0 bridgehead atoms. The number of hydrogen-bond donors (Lipinski definition) is 0. The molecule has 0 spiro atoms. The van der Waals surface area contributed by atoms with E-state index in [9.17, 15) is 4.79 Å². The van der Waals surface area contributed by atoms with E-state index in [1.807, 2.05) is 0 Å². The highest BCUT2D eigenvalue weighted by atomic mass is 16.6. The van der Waals surface area contributed by atoms with Crippen LogP contribution in [0.3, 0.4) is 0 Å². The molecule has 5 rings (SSSR count). The first-order chi connectivity index (χ1) is 12.2. The first kappa shape index (κ1) is 14.8. The van der Waals surface area contributed by atoms with Crippen LogP contribution in [-0.2, 0) is 9.47 Å². The molecule has 2 unspecified atom stereocenters. The lowest BCUT2D eigenvalue weighted by Crippen LogP contribution is -2.11. The Morgan fingerprint density at radius 2 is 1.76 bits per heavy atom.